The number of phenols is 1. The molecule has 152 valence electrons. The van der Waals surface area contributed by atoms with Gasteiger partial charge in [0.25, 0.3) is 5.69 Å². The van der Waals surface area contributed by atoms with Crippen LogP contribution in [0.1, 0.15) is 11.3 Å². The summed E-state index contributed by atoms with van der Waals surface area (Å²) in [5.74, 6) is -1.88. The fourth-order valence-electron chi connectivity index (χ4n) is 3.04. The van der Waals surface area contributed by atoms with Gasteiger partial charge >= 0.3 is 18.7 Å². The highest BCUT2D eigenvalue weighted by molar-refractivity contribution is 7.52. The molecule has 0 aliphatic rings. The van der Waals surface area contributed by atoms with Crippen molar-refractivity contribution in [2.45, 2.75) is 5.78 Å². The minimum atomic E-state index is -4.90. The van der Waals surface area contributed by atoms with Crippen LogP contribution in [-0.4, -0.2) is 36.8 Å². The minimum Gasteiger partial charge on any atom is -0.508 e. The van der Waals surface area contributed by atoms with Gasteiger partial charge in [-0.15, -0.1) is 0 Å². The Kier molecular flexibility index (Phi) is 5.01. The minimum absolute atomic E-state index is 0.0345. The van der Waals surface area contributed by atoms with Crippen molar-refractivity contribution in [2.75, 3.05) is 11.9 Å². The number of aromatic nitrogens is 2. The molecule has 0 aliphatic heterocycles. The quantitative estimate of drug-likeness (QED) is 0.174. The number of anilines is 1. The maximum absolute atomic E-state index is 12.2. The predicted molar refractivity (Wildman–Crippen MR) is 103 cm³/mol. The van der Waals surface area contributed by atoms with E-state index in [1.807, 2.05) is 0 Å². The molecule has 1 heterocycles. The smallest absolute Gasteiger partial charge is 0.352 e. The zero-order valence-corrected chi connectivity index (χ0v) is 15.7. The van der Waals surface area contributed by atoms with Crippen LogP contribution in [0, 0.1) is 10.1 Å². The Balaban J connectivity index is 2.33. The molecule has 12 nitrogen and oxygen atoms in total. The van der Waals surface area contributed by atoms with Crippen LogP contribution in [0.3, 0.4) is 0 Å². The van der Waals surface area contributed by atoms with E-state index in [0.29, 0.717) is 0 Å². The Morgan fingerprint density at radius 3 is 2.38 bits per heavy atom. The molecular formula is C16H15N4O8P. The van der Waals surface area contributed by atoms with Crippen molar-refractivity contribution in [3.05, 3.63) is 72.8 Å². The van der Waals surface area contributed by atoms with Crippen molar-refractivity contribution in [3.8, 4) is 5.75 Å². The van der Waals surface area contributed by atoms with E-state index in [1.165, 1.54) is 25.2 Å². The van der Waals surface area contributed by atoms with Crippen LogP contribution in [0.4, 0.5) is 11.4 Å². The van der Waals surface area contributed by atoms with E-state index in [9.17, 15) is 39.2 Å². The van der Waals surface area contributed by atoms with E-state index < -0.39 is 35.1 Å². The molecule has 0 saturated heterocycles. The number of nitro groups is 1. The lowest BCUT2D eigenvalue weighted by Crippen LogP contribution is -2.30. The Morgan fingerprint density at radius 2 is 1.79 bits per heavy atom. The van der Waals surface area contributed by atoms with Gasteiger partial charge in [0.1, 0.15) is 5.75 Å². The van der Waals surface area contributed by atoms with Crippen molar-refractivity contribution in [1.82, 2.24) is 9.97 Å². The van der Waals surface area contributed by atoms with Crippen LogP contribution in [0.5, 0.6) is 5.75 Å². The van der Waals surface area contributed by atoms with Gasteiger partial charge in [0.05, 0.1) is 21.6 Å². The number of phenolic OH excluding ortho intramolecular Hbond substituents is 1. The molecule has 3 rings (SSSR count). The highest BCUT2D eigenvalue weighted by atomic mass is 31.2. The normalized spacial score (nSPS) is 12.7. The average molecular weight is 422 g/mol. The molecule has 13 heteroatoms. The number of hydrogen-bond donors (Lipinski definition) is 5. The molecule has 2 aromatic carbocycles. The standard InChI is InChI=1S/C16H15N4O8P/c1-19(16(29(26,27)28)8-3-2-4-10(21)5-8)12-7-9(20(24)25)6-11-13(12)18-15(23)14(22)17-11/h2-7,16,21H,1H3,(H,17,22)(H,18,23)(H2,26,27,28). The van der Waals surface area contributed by atoms with E-state index >= 15 is 0 Å². The zero-order valence-electron chi connectivity index (χ0n) is 14.8. The summed E-state index contributed by atoms with van der Waals surface area (Å²) in [5, 5.41) is 21.0. The number of aromatic amines is 2. The highest BCUT2D eigenvalue weighted by Crippen LogP contribution is 2.55. The Labute approximate surface area is 161 Å². The summed E-state index contributed by atoms with van der Waals surface area (Å²) in [6.07, 6.45) is 0. The van der Waals surface area contributed by atoms with Crippen LogP contribution < -0.4 is 16.0 Å². The van der Waals surface area contributed by atoms with Crippen LogP contribution in [0.2, 0.25) is 0 Å². The number of aromatic hydroxyl groups is 1. The second-order valence-corrected chi connectivity index (χ2v) is 7.89. The first-order valence-electron chi connectivity index (χ1n) is 8.01. The molecule has 3 aromatic rings. The van der Waals surface area contributed by atoms with Gasteiger partial charge in [-0.1, -0.05) is 12.1 Å². The molecule has 1 atom stereocenters. The lowest BCUT2D eigenvalue weighted by molar-refractivity contribution is -0.384. The second kappa shape index (κ2) is 7.17. The van der Waals surface area contributed by atoms with Gasteiger partial charge in [0.2, 0.25) is 0 Å². The summed E-state index contributed by atoms with van der Waals surface area (Å²) >= 11 is 0. The third kappa shape index (κ3) is 3.90. The fourth-order valence-corrected chi connectivity index (χ4v) is 4.16. The molecule has 0 amide bonds. The van der Waals surface area contributed by atoms with Gasteiger partial charge in [-0.3, -0.25) is 24.3 Å². The van der Waals surface area contributed by atoms with Gasteiger partial charge < -0.3 is 29.8 Å². The SMILES string of the molecule is CN(c1cc([N+](=O)[O-])cc2[nH]c(=O)c(=O)[nH]c12)C(c1cccc(O)c1)P(=O)(O)O. The van der Waals surface area contributed by atoms with Crippen LogP contribution in [-0.2, 0) is 4.57 Å². The number of nitro benzene ring substituents is 1. The topological polar surface area (TPSA) is 190 Å². The van der Waals surface area contributed by atoms with Crippen molar-refractivity contribution in [3.63, 3.8) is 0 Å². The number of fused-ring (bicyclic) bond motifs is 1. The van der Waals surface area contributed by atoms with Gasteiger partial charge in [0.15, 0.2) is 5.78 Å². The number of H-pyrrole nitrogens is 2. The number of nitrogens with zero attached hydrogens (tertiary/aromatic N) is 2. The molecule has 29 heavy (non-hydrogen) atoms. The first-order valence-corrected chi connectivity index (χ1v) is 9.69. The van der Waals surface area contributed by atoms with Crippen molar-refractivity contribution >= 4 is 30.0 Å². The summed E-state index contributed by atoms with van der Waals surface area (Å²) in [5.41, 5.74) is -2.77. The van der Waals surface area contributed by atoms with Gasteiger partial charge in [-0.2, -0.15) is 0 Å². The zero-order chi connectivity index (χ0) is 21.5. The van der Waals surface area contributed by atoms with Crippen LogP contribution in [0.15, 0.2) is 46.0 Å². The average Bonchev–Trinajstić information content (AvgIpc) is 2.60. The monoisotopic (exact) mass is 422 g/mol. The van der Waals surface area contributed by atoms with Crippen molar-refractivity contribution in [2.24, 2.45) is 0 Å². The molecule has 0 bridgehead atoms. The number of benzene rings is 2. The lowest BCUT2D eigenvalue weighted by Gasteiger charge is -2.31. The van der Waals surface area contributed by atoms with E-state index in [4.69, 9.17) is 0 Å². The van der Waals surface area contributed by atoms with Gasteiger partial charge in [0, 0.05) is 19.2 Å². The number of nitrogens with one attached hydrogen (secondary N) is 2. The maximum Gasteiger partial charge on any atom is 0.352 e. The molecular weight excluding hydrogens is 407 g/mol. The molecule has 0 fully saturated rings. The number of hydrogen-bond acceptors (Lipinski definition) is 7. The first kappa shape index (κ1) is 20.3. The largest absolute Gasteiger partial charge is 0.508 e. The molecule has 0 spiro atoms. The third-order valence-corrected chi connectivity index (χ3v) is 5.52. The van der Waals surface area contributed by atoms with Gasteiger partial charge in [-0.05, 0) is 17.7 Å². The summed E-state index contributed by atoms with van der Waals surface area (Å²) in [7, 11) is -3.64. The summed E-state index contributed by atoms with van der Waals surface area (Å²) in [6, 6.07) is 7.23. The first-order chi connectivity index (χ1) is 13.5. The molecule has 0 saturated carbocycles. The third-order valence-electron chi connectivity index (χ3n) is 4.24. The predicted octanol–water partition coefficient (Wildman–Crippen LogP) is 1.14. The lowest BCUT2D eigenvalue weighted by atomic mass is 10.1. The van der Waals surface area contributed by atoms with Crippen molar-refractivity contribution < 1.29 is 24.4 Å². The fraction of sp³-hybridized carbons (Fsp3) is 0.125. The number of non-ortho nitro benzene ring substituents is 1. The Morgan fingerprint density at radius 1 is 1.14 bits per heavy atom. The van der Waals surface area contributed by atoms with E-state index in [1.54, 1.807) is 0 Å². The summed E-state index contributed by atoms with van der Waals surface area (Å²) < 4.78 is 12.2. The van der Waals surface area contributed by atoms with E-state index in [0.717, 1.165) is 23.1 Å². The summed E-state index contributed by atoms with van der Waals surface area (Å²) in [6.45, 7) is 0. The Bertz CT molecular complexity index is 1280. The van der Waals surface area contributed by atoms with Crippen LogP contribution in [0.25, 0.3) is 11.0 Å². The second-order valence-electron chi connectivity index (χ2n) is 6.22. The Hall–Kier alpha value is -3.47. The van der Waals surface area contributed by atoms with E-state index in [-0.39, 0.29) is 28.0 Å². The maximum atomic E-state index is 12.2. The van der Waals surface area contributed by atoms with E-state index in [2.05, 4.69) is 9.97 Å². The molecule has 0 aliphatic carbocycles. The molecule has 5 N–H and O–H groups in total. The van der Waals surface area contributed by atoms with Crippen LogP contribution >= 0.6 is 7.60 Å². The summed E-state index contributed by atoms with van der Waals surface area (Å²) in [4.78, 5) is 59.3. The molecule has 0 radical (unpaired) electrons. The highest BCUT2D eigenvalue weighted by Gasteiger charge is 2.36. The number of rotatable bonds is 5. The van der Waals surface area contributed by atoms with Crippen molar-refractivity contribution in [1.29, 1.82) is 0 Å². The van der Waals surface area contributed by atoms with Gasteiger partial charge in [-0.25, -0.2) is 0 Å². The molecule has 1 unspecified atom stereocenters. The molecule has 1 aromatic heterocycles.